The van der Waals surface area contributed by atoms with E-state index in [2.05, 4.69) is 20.5 Å². The van der Waals surface area contributed by atoms with Gasteiger partial charge >= 0.3 is 6.03 Å². The van der Waals surface area contributed by atoms with Crippen molar-refractivity contribution in [1.82, 2.24) is 25.2 Å². The largest absolute Gasteiger partial charge is 0.361 e. The van der Waals surface area contributed by atoms with E-state index in [1.807, 2.05) is 23.9 Å². The van der Waals surface area contributed by atoms with Gasteiger partial charge in [0.15, 0.2) is 0 Å². The summed E-state index contributed by atoms with van der Waals surface area (Å²) < 4.78 is 7.03. The van der Waals surface area contributed by atoms with Gasteiger partial charge in [0.05, 0.1) is 23.6 Å². The number of likely N-dealkylation sites (tertiary alicyclic amines) is 1. The molecule has 0 bridgehead atoms. The minimum atomic E-state index is -0.0452. The van der Waals surface area contributed by atoms with Gasteiger partial charge < -0.3 is 9.84 Å². The van der Waals surface area contributed by atoms with Gasteiger partial charge in [-0.05, 0) is 6.92 Å². The lowest BCUT2D eigenvalue weighted by atomic mass is 10.1. The van der Waals surface area contributed by atoms with Crippen LogP contribution in [0.4, 0.5) is 10.5 Å². The van der Waals surface area contributed by atoms with Gasteiger partial charge in [-0.15, -0.1) is 0 Å². The third kappa shape index (κ3) is 2.35. The fraction of sp³-hybridized carbons (Fsp3) is 0.500. The van der Waals surface area contributed by atoms with E-state index >= 15 is 0 Å². The minimum Gasteiger partial charge on any atom is -0.361 e. The fourth-order valence-corrected chi connectivity index (χ4v) is 2.95. The third-order valence-corrected chi connectivity index (χ3v) is 4.13. The van der Waals surface area contributed by atoms with Crippen molar-refractivity contribution in [2.45, 2.75) is 19.5 Å². The van der Waals surface area contributed by atoms with E-state index in [-0.39, 0.29) is 6.03 Å². The van der Waals surface area contributed by atoms with Crippen LogP contribution >= 0.6 is 0 Å². The Bertz CT molecular complexity index is 687. The Labute approximate surface area is 127 Å². The molecule has 0 spiro atoms. The molecule has 0 aliphatic carbocycles. The predicted octanol–water partition coefficient (Wildman–Crippen LogP) is 0.766. The fourth-order valence-electron chi connectivity index (χ4n) is 2.95. The zero-order valence-corrected chi connectivity index (χ0v) is 12.4. The van der Waals surface area contributed by atoms with Gasteiger partial charge in [-0.2, -0.15) is 5.10 Å². The first-order valence-electron chi connectivity index (χ1n) is 7.43. The number of aryl methyl sites for hydroxylation is 1. The molecule has 2 amide bonds. The summed E-state index contributed by atoms with van der Waals surface area (Å²) >= 11 is 0. The molecule has 8 nitrogen and oxygen atoms in total. The second-order valence-corrected chi connectivity index (χ2v) is 5.84. The van der Waals surface area contributed by atoms with E-state index < -0.39 is 0 Å². The Balaban J connectivity index is 1.35. The van der Waals surface area contributed by atoms with Crippen LogP contribution in [-0.2, 0) is 6.54 Å². The minimum absolute atomic E-state index is 0.0452. The summed E-state index contributed by atoms with van der Waals surface area (Å²) in [6.07, 6.45) is 3.71. The zero-order valence-electron chi connectivity index (χ0n) is 12.4. The normalized spacial score (nSPS) is 19.5. The van der Waals surface area contributed by atoms with Crippen LogP contribution in [0.25, 0.3) is 0 Å². The first-order chi connectivity index (χ1) is 10.7. The molecular formula is C14H18N6O2. The smallest absolute Gasteiger partial charge is 0.322 e. The van der Waals surface area contributed by atoms with Gasteiger partial charge in [0.25, 0.3) is 0 Å². The van der Waals surface area contributed by atoms with Gasteiger partial charge in [-0.25, -0.2) is 4.79 Å². The highest BCUT2D eigenvalue weighted by Crippen LogP contribution is 2.25. The number of amides is 2. The highest BCUT2D eigenvalue weighted by molar-refractivity contribution is 5.93. The molecule has 22 heavy (non-hydrogen) atoms. The first-order valence-corrected chi connectivity index (χ1v) is 7.43. The second-order valence-electron chi connectivity index (χ2n) is 5.84. The van der Waals surface area contributed by atoms with Crippen molar-refractivity contribution in [1.29, 1.82) is 0 Å². The number of hydrogen-bond acceptors (Lipinski definition) is 5. The Morgan fingerprint density at radius 2 is 2.32 bits per heavy atom. The van der Waals surface area contributed by atoms with Gasteiger partial charge in [0.2, 0.25) is 0 Å². The molecule has 0 unspecified atom stereocenters. The number of anilines is 1. The van der Waals surface area contributed by atoms with Crippen LogP contribution in [0.1, 0.15) is 17.5 Å². The lowest BCUT2D eigenvalue weighted by Gasteiger charge is -2.38. The van der Waals surface area contributed by atoms with Gasteiger partial charge in [0, 0.05) is 45.0 Å². The monoisotopic (exact) mass is 302 g/mol. The van der Waals surface area contributed by atoms with E-state index in [9.17, 15) is 4.79 Å². The maximum absolute atomic E-state index is 11.6. The number of aromatic nitrogens is 3. The molecule has 1 N–H and O–H groups in total. The average Bonchev–Trinajstić information content (AvgIpc) is 3.14. The second kappa shape index (κ2) is 5.13. The van der Waals surface area contributed by atoms with Crippen molar-refractivity contribution < 1.29 is 9.32 Å². The summed E-state index contributed by atoms with van der Waals surface area (Å²) in [5, 5.41) is 11.2. The van der Waals surface area contributed by atoms with E-state index in [1.54, 1.807) is 11.1 Å². The Morgan fingerprint density at radius 1 is 1.45 bits per heavy atom. The van der Waals surface area contributed by atoms with Gasteiger partial charge in [-0.3, -0.25) is 14.5 Å². The SMILES string of the molecule is Cc1cc(CN2CC(n3cc(N4CCNC4=O)cn3)C2)no1. The Kier molecular flexibility index (Phi) is 3.11. The molecule has 0 atom stereocenters. The van der Waals surface area contributed by atoms with Crippen molar-refractivity contribution in [3.8, 4) is 0 Å². The molecule has 0 aromatic carbocycles. The Morgan fingerprint density at radius 3 is 3.00 bits per heavy atom. The summed E-state index contributed by atoms with van der Waals surface area (Å²) in [5.74, 6) is 0.840. The molecule has 2 aromatic heterocycles. The van der Waals surface area contributed by atoms with Crippen molar-refractivity contribution in [2.75, 3.05) is 31.1 Å². The molecule has 2 fully saturated rings. The van der Waals surface area contributed by atoms with Crippen LogP contribution in [-0.4, -0.2) is 52.0 Å². The third-order valence-electron chi connectivity index (χ3n) is 4.13. The molecule has 2 aliphatic heterocycles. The molecule has 4 rings (SSSR count). The van der Waals surface area contributed by atoms with Crippen LogP contribution in [0.2, 0.25) is 0 Å². The molecule has 2 aromatic rings. The van der Waals surface area contributed by atoms with Gasteiger partial charge in [0.1, 0.15) is 5.76 Å². The predicted molar refractivity (Wildman–Crippen MR) is 78.5 cm³/mol. The van der Waals surface area contributed by atoms with Crippen LogP contribution in [0, 0.1) is 6.92 Å². The number of urea groups is 1. The lowest BCUT2D eigenvalue weighted by molar-refractivity contribution is 0.0884. The van der Waals surface area contributed by atoms with E-state index in [0.717, 1.165) is 36.8 Å². The zero-order chi connectivity index (χ0) is 15.1. The summed E-state index contributed by atoms with van der Waals surface area (Å²) in [6.45, 7) is 5.95. The standard InChI is InChI=1S/C14H18N6O2/c1-10-4-11(17-22-10)6-18-7-13(8-18)20-9-12(5-16-20)19-3-2-15-14(19)21/h4-5,9,13H,2-3,6-8H2,1H3,(H,15,21). The molecule has 116 valence electrons. The highest BCUT2D eigenvalue weighted by atomic mass is 16.5. The van der Waals surface area contributed by atoms with Crippen molar-refractivity contribution in [3.63, 3.8) is 0 Å². The average molecular weight is 302 g/mol. The number of carbonyl (C=O) groups excluding carboxylic acids is 1. The molecule has 0 radical (unpaired) electrons. The van der Waals surface area contributed by atoms with E-state index in [0.29, 0.717) is 19.1 Å². The highest BCUT2D eigenvalue weighted by Gasteiger charge is 2.30. The number of nitrogens with one attached hydrogen (secondary N) is 1. The maximum atomic E-state index is 11.6. The molecule has 0 saturated carbocycles. The molecule has 4 heterocycles. The molecular weight excluding hydrogens is 284 g/mol. The molecule has 2 aliphatic rings. The molecule has 8 heteroatoms. The summed E-state index contributed by atoms with van der Waals surface area (Å²) in [7, 11) is 0. The topological polar surface area (TPSA) is 79.4 Å². The van der Waals surface area contributed by atoms with Gasteiger partial charge in [-0.1, -0.05) is 5.16 Å². The van der Waals surface area contributed by atoms with E-state index in [1.165, 1.54) is 0 Å². The maximum Gasteiger partial charge on any atom is 0.322 e. The number of carbonyl (C=O) groups is 1. The number of nitrogens with zero attached hydrogens (tertiary/aromatic N) is 5. The van der Waals surface area contributed by atoms with Crippen molar-refractivity contribution in [2.24, 2.45) is 0 Å². The van der Waals surface area contributed by atoms with Crippen LogP contribution in [0.15, 0.2) is 23.0 Å². The van der Waals surface area contributed by atoms with Crippen molar-refractivity contribution in [3.05, 3.63) is 29.9 Å². The van der Waals surface area contributed by atoms with Crippen LogP contribution < -0.4 is 10.2 Å². The van der Waals surface area contributed by atoms with Crippen molar-refractivity contribution >= 4 is 11.7 Å². The summed E-state index contributed by atoms with van der Waals surface area (Å²) in [5.41, 5.74) is 1.83. The van der Waals surface area contributed by atoms with Crippen LogP contribution in [0.5, 0.6) is 0 Å². The van der Waals surface area contributed by atoms with Crippen LogP contribution in [0.3, 0.4) is 0 Å². The molecule has 2 saturated heterocycles. The van der Waals surface area contributed by atoms with E-state index in [4.69, 9.17) is 4.52 Å². The number of rotatable bonds is 4. The first kappa shape index (κ1) is 13.3. The summed E-state index contributed by atoms with van der Waals surface area (Å²) in [4.78, 5) is 15.7. The number of hydrogen-bond donors (Lipinski definition) is 1. The lowest BCUT2D eigenvalue weighted by Crippen LogP contribution is -2.47. The summed E-state index contributed by atoms with van der Waals surface area (Å²) in [6, 6.07) is 2.27. The quantitative estimate of drug-likeness (QED) is 0.902. The Hall–Kier alpha value is -2.35.